The van der Waals surface area contributed by atoms with Gasteiger partial charge in [0, 0.05) is 12.0 Å². The second-order valence-corrected chi connectivity index (χ2v) is 6.37. The lowest BCUT2D eigenvalue weighted by atomic mass is 10.0. The maximum Gasteiger partial charge on any atom is 0.272 e. The van der Waals surface area contributed by atoms with Crippen LogP contribution < -0.4 is 4.74 Å². The minimum Gasteiger partial charge on any atom is -0.497 e. The number of ketones is 1. The molecule has 0 amide bonds. The average molecular weight is 320 g/mol. The molecule has 0 aromatic heterocycles. The van der Waals surface area contributed by atoms with Gasteiger partial charge in [0.15, 0.2) is 5.78 Å². The third-order valence-electron chi connectivity index (χ3n) is 3.31. The van der Waals surface area contributed by atoms with E-state index in [4.69, 9.17) is 4.74 Å². The van der Waals surface area contributed by atoms with Gasteiger partial charge in [-0.3, -0.25) is 9.35 Å². The summed E-state index contributed by atoms with van der Waals surface area (Å²) in [6, 6.07) is 14.6. The van der Waals surface area contributed by atoms with Crippen LogP contribution in [0.3, 0.4) is 0 Å². The topological polar surface area (TPSA) is 80.7 Å². The first-order chi connectivity index (χ1) is 10.4. The van der Waals surface area contributed by atoms with Crippen LogP contribution in [-0.2, 0) is 10.1 Å². The number of ether oxygens (including phenoxy) is 1. The van der Waals surface area contributed by atoms with Gasteiger partial charge in [-0.2, -0.15) is 8.42 Å². The van der Waals surface area contributed by atoms with Crippen molar-refractivity contribution >= 4 is 15.9 Å². The number of hydrogen-bond acceptors (Lipinski definition) is 4. The molecule has 1 atom stereocenters. The van der Waals surface area contributed by atoms with E-state index in [-0.39, 0.29) is 12.2 Å². The Labute approximate surface area is 129 Å². The zero-order chi connectivity index (χ0) is 16.2. The summed E-state index contributed by atoms with van der Waals surface area (Å²) in [5.74, 6) is 0.214. The van der Waals surface area contributed by atoms with Crippen molar-refractivity contribution in [1.82, 2.24) is 0 Å². The molecule has 22 heavy (non-hydrogen) atoms. The lowest BCUT2D eigenvalue weighted by molar-refractivity contribution is 0.0979. The van der Waals surface area contributed by atoms with Gasteiger partial charge in [0.25, 0.3) is 10.1 Å². The van der Waals surface area contributed by atoms with E-state index in [1.54, 1.807) is 42.5 Å². The Kier molecular flexibility index (Phi) is 4.95. The normalized spacial score (nSPS) is 12.6. The van der Waals surface area contributed by atoms with Crippen LogP contribution in [-0.4, -0.2) is 25.9 Å². The van der Waals surface area contributed by atoms with Gasteiger partial charge in [0.1, 0.15) is 11.0 Å². The maximum atomic E-state index is 12.2. The summed E-state index contributed by atoms with van der Waals surface area (Å²) in [5.41, 5.74) is 0.747. The fourth-order valence-electron chi connectivity index (χ4n) is 2.12. The Morgan fingerprint density at radius 1 is 1.09 bits per heavy atom. The van der Waals surface area contributed by atoms with Crippen LogP contribution in [0.25, 0.3) is 0 Å². The van der Waals surface area contributed by atoms with Gasteiger partial charge in [-0.25, -0.2) is 0 Å². The number of hydrogen-bond donors (Lipinski definition) is 1. The van der Waals surface area contributed by atoms with E-state index in [9.17, 15) is 17.8 Å². The molecular formula is C16H16O5S. The molecule has 2 aromatic carbocycles. The largest absolute Gasteiger partial charge is 0.497 e. The number of methoxy groups -OCH3 is 1. The van der Waals surface area contributed by atoms with Crippen molar-refractivity contribution in [1.29, 1.82) is 0 Å². The number of carbonyl (C=O) groups is 1. The molecule has 116 valence electrons. The monoisotopic (exact) mass is 320 g/mol. The van der Waals surface area contributed by atoms with E-state index in [0.717, 1.165) is 0 Å². The Morgan fingerprint density at radius 3 is 2.18 bits per heavy atom. The molecule has 0 fully saturated rings. The van der Waals surface area contributed by atoms with Crippen molar-refractivity contribution in [3.05, 3.63) is 65.7 Å². The van der Waals surface area contributed by atoms with Crippen LogP contribution in [0.2, 0.25) is 0 Å². The fourth-order valence-corrected chi connectivity index (χ4v) is 2.99. The third-order valence-corrected chi connectivity index (χ3v) is 4.47. The first-order valence-electron chi connectivity index (χ1n) is 6.60. The van der Waals surface area contributed by atoms with Gasteiger partial charge in [-0.05, 0) is 17.7 Å². The molecule has 0 aliphatic heterocycles. The minimum absolute atomic E-state index is 0.324. The number of benzene rings is 2. The predicted molar refractivity (Wildman–Crippen MR) is 82.7 cm³/mol. The average Bonchev–Trinajstić information content (AvgIpc) is 2.52. The Morgan fingerprint density at radius 2 is 1.68 bits per heavy atom. The van der Waals surface area contributed by atoms with E-state index in [0.29, 0.717) is 16.9 Å². The van der Waals surface area contributed by atoms with Crippen molar-refractivity contribution in [2.24, 2.45) is 0 Å². The van der Waals surface area contributed by atoms with Crippen LogP contribution in [0.4, 0.5) is 0 Å². The molecule has 2 aromatic rings. The van der Waals surface area contributed by atoms with Crippen molar-refractivity contribution < 1.29 is 22.5 Å². The molecule has 0 bridgehead atoms. The van der Waals surface area contributed by atoms with Crippen molar-refractivity contribution in [2.75, 3.05) is 7.11 Å². The summed E-state index contributed by atoms with van der Waals surface area (Å²) < 4.78 is 37.7. The SMILES string of the molecule is COc1ccc(C(CC(=O)c2ccccc2)S(=O)(=O)O)cc1. The molecule has 1 N–H and O–H groups in total. The first kappa shape index (κ1) is 16.2. The summed E-state index contributed by atoms with van der Waals surface area (Å²) in [7, 11) is -2.91. The second-order valence-electron chi connectivity index (χ2n) is 4.77. The highest BCUT2D eigenvalue weighted by Gasteiger charge is 2.28. The number of Topliss-reactive ketones (excluding diaryl/α,β-unsaturated/α-hetero) is 1. The summed E-state index contributed by atoms with van der Waals surface area (Å²) in [4.78, 5) is 12.2. The third kappa shape index (κ3) is 3.93. The second kappa shape index (κ2) is 6.72. The highest BCUT2D eigenvalue weighted by atomic mass is 32.2. The fraction of sp³-hybridized carbons (Fsp3) is 0.188. The molecule has 6 heteroatoms. The van der Waals surface area contributed by atoms with Gasteiger partial charge in [0.05, 0.1) is 7.11 Å². The lowest BCUT2D eigenvalue weighted by Gasteiger charge is -2.14. The number of carbonyl (C=O) groups excluding carboxylic acids is 1. The van der Waals surface area contributed by atoms with Crippen molar-refractivity contribution in [2.45, 2.75) is 11.7 Å². The molecule has 2 rings (SSSR count). The van der Waals surface area contributed by atoms with Gasteiger partial charge < -0.3 is 4.74 Å². The van der Waals surface area contributed by atoms with Crippen LogP contribution in [0.1, 0.15) is 27.6 Å². The molecule has 1 unspecified atom stereocenters. The Balaban J connectivity index is 2.29. The number of rotatable bonds is 6. The smallest absolute Gasteiger partial charge is 0.272 e. The van der Waals surface area contributed by atoms with Gasteiger partial charge in [-0.15, -0.1) is 0 Å². The highest BCUT2D eigenvalue weighted by Crippen LogP contribution is 2.28. The molecule has 0 radical (unpaired) electrons. The first-order valence-corrected chi connectivity index (χ1v) is 8.10. The van der Waals surface area contributed by atoms with Crippen LogP contribution in [0.15, 0.2) is 54.6 Å². The molecule has 0 saturated carbocycles. The Bertz CT molecular complexity index is 736. The summed E-state index contributed by atoms with van der Waals surface area (Å²) in [6.45, 7) is 0. The highest BCUT2D eigenvalue weighted by molar-refractivity contribution is 7.86. The summed E-state index contributed by atoms with van der Waals surface area (Å²) in [6.07, 6.45) is -0.324. The standard InChI is InChI=1S/C16H16O5S/c1-21-14-9-7-13(8-10-14)16(22(18,19)20)11-15(17)12-5-3-2-4-6-12/h2-10,16H,11H2,1H3,(H,18,19,20). The molecule has 0 saturated heterocycles. The summed E-state index contributed by atoms with van der Waals surface area (Å²) >= 11 is 0. The molecule has 5 nitrogen and oxygen atoms in total. The molecule has 0 aliphatic carbocycles. The van der Waals surface area contributed by atoms with E-state index in [1.807, 2.05) is 0 Å². The van der Waals surface area contributed by atoms with Gasteiger partial charge >= 0.3 is 0 Å². The van der Waals surface area contributed by atoms with Gasteiger partial charge in [-0.1, -0.05) is 42.5 Å². The van der Waals surface area contributed by atoms with Crippen LogP contribution >= 0.6 is 0 Å². The Hall–Kier alpha value is -2.18. The zero-order valence-corrected chi connectivity index (χ0v) is 12.8. The predicted octanol–water partition coefficient (Wildman–Crippen LogP) is 2.90. The van der Waals surface area contributed by atoms with E-state index < -0.39 is 15.4 Å². The zero-order valence-electron chi connectivity index (χ0n) is 12.0. The van der Waals surface area contributed by atoms with Crippen molar-refractivity contribution in [3.8, 4) is 5.75 Å². The van der Waals surface area contributed by atoms with Crippen LogP contribution in [0, 0.1) is 0 Å². The van der Waals surface area contributed by atoms with Crippen LogP contribution in [0.5, 0.6) is 5.75 Å². The maximum absolute atomic E-state index is 12.2. The van der Waals surface area contributed by atoms with E-state index in [2.05, 4.69) is 0 Å². The lowest BCUT2D eigenvalue weighted by Crippen LogP contribution is -2.16. The van der Waals surface area contributed by atoms with E-state index >= 15 is 0 Å². The van der Waals surface area contributed by atoms with E-state index in [1.165, 1.54) is 19.2 Å². The minimum atomic E-state index is -4.40. The molecule has 0 heterocycles. The molecule has 0 spiro atoms. The quantitative estimate of drug-likeness (QED) is 0.654. The van der Waals surface area contributed by atoms with Crippen molar-refractivity contribution in [3.63, 3.8) is 0 Å². The summed E-state index contributed by atoms with van der Waals surface area (Å²) in [5, 5.41) is -1.30. The molecular weight excluding hydrogens is 304 g/mol. The molecule has 0 aliphatic rings. The van der Waals surface area contributed by atoms with Gasteiger partial charge in [0.2, 0.25) is 0 Å².